The number of hydrogen-bond donors (Lipinski definition) is 1. The van der Waals surface area contributed by atoms with E-state index in [1.165, 1.54) is 11.1 Å². The minimum Gasteiger partial charge on any atom is -0.481 e. The second-order valence-electron chi connectivity index (χ2n) is 4.41. The first-order valence-corrected chi connectivity index (χ1v) is 7.03. The van der Waals surface area contributed by atoms with Gasteiger partial charge in [-0.3, -0.25) is 9.00 Å². The van der Waals surface area contributed by atoms with Gasteiger partial charge >= 0.3 is 5.97 Å². The number of carboxylic acids is 1. The summed E-state index contributed by atoms with van der Waals surface area (Å²) in [6, 6.07) is 5.97. The highest BCUT2D eigenvalue weighted by Gasteiger charge is 2.14. The molecule has 4 heteroatoms. The Balaban J connectivity index is 2.62. The first kappa shape index (κ1) is 13.9. The summed E-state index contributed by atoms with van der Waals surface area (Å²) in [6.45, 7) is 5.63. The van der Waals surface area contributed by atoms with E-state index in [2.05, 4.69) is 0 Å². The molecule has 0 saturated heterocycles. The van der Waals surface area contributed by atoms with Crippen molar-refractivity contribution in [1.29, 1.82) is 0 Å². The highest BCUT2D eigenvalue weighted by molar-refractivity contribution is 7.84. The van der Waals surface area contributed by atoms with E-state index >= 15 is 0 Å². The second kappa shape index (κ2) is 5.96. The third kappa shape index (κ3) is 4.30. The highest BCUT2D eigenvalue weighted by Crippen LogP contribution is 2.12. The Kier molecular flexibility index (Phi) is 4.87. The summed E-state index contributed by atoms with van der Waals surface area (Å²) >= 11 is 0. The maximum Gasteiger partial charge on any atom is 0.307 e. The monoisotopic (exact) mass is 254 g/mol. The van der Waals surface area contributed by atoms with Crippen LogP contribution in [0.15, 0.2) is 18.2 Å². The van der Waals surface area contributed by atoms with Crippen LogP contribution in [0.2, 0.25) is 0 Å². The predicted molar refractivity (Wildman–Crippen MR) is 69.4 cm³/mol. The lowest BCUT2D eigenvalue weighted by Gasteiger charge is -2.08. The van der Waals surface area contributed by atoms with Gasteiger partial charge in [-0.25, -0.2) is 0 Å². The molecule has 0 radical (unpaired) electrons. The summed E-state index contributed by atoms with van der Waals surface area (Å²) < 4.78 is 11.8. The van der Waals surface area contributed by atoms with Crippen molar-refractivity contribution in [2.75, 3.05) is 5.75 Å². The van der Waals surface area contributed by atoms with E-state index in [0.29, 0.717) is 5.75 Å². The molecule has 0 amide bonds. The second-order valence-corrected chi connectivity index (χ2v) is 5.91. The Hall–Kier alpha value is -1.16. The first-order valence-electron chi connectivity index (χ1n) is 5.54. The van der Waals surface area contributed by atoms with Crippen molar-refractivity contribution in [3.05, 3.63) is 34.9 Å². The molecule has 0 heterocycles. The molecule has 1 rings (SSSR count). The molecular weight excluding hydrogens is 236 g/mol. The van der Waals surface area contributed by atoms with E-state index in [-0.39, 0.29) is 5.75 Å². The van der Waals surface area contributed by atoms with Crippen LogP contribution in [-0.4, -0.2) is 21.0 Å². The van der Waals surface area contributed by atoms with Gasteiger partial charge in [0.05, 0.1) is 5.92 Å². The normalized spacial score (nSPS) is 14.3. The smallest absolute Gasteiger partial charge is 0.307 e. The van der Waals surface area contributed by atoms with Crippen LogP contribution >= 0.6 is 0 Å². The minimum atomic E-state index is -1.12. The van der Waals surface area contributed by atoms with Crippen LogP contribution in [0.3, 0.4) is 0 Å². The molecule has 1 N–H and O–H groups in total. The summed E-state index contributed by atoms with van der Waals surface area (Å²) in [5, 5.41) is 8.74. The lowest BCUT2D eigenvalue weighted by Crippen LogP contribution is -2.18. The van der Waals surface area contributed by atoms with E-state index in [1.54, 1.807) is 6.92 Å². The zero-order chi connectivity index (χ0) is 13.0. The third-order valence-corrected chi connectivity index (χ3v) is 4.28. The molecule has 0 aliphatic heterocycles. The fourth-order valence-electron chi connectivity index (χ4n) is 1.49. The van der Waals surface area contributed by atoms with Crippen molar-refractivity contribution in [3.63, 3.8) is 0 Å². The van der Waals surface area contributed by atoms with Gasteiger partial charge in [-0.2, -0.15) is 0 Å². The number of aryl methyl sites for hydroxylation is 2. The summed E-state index contributed by atoms with van der Waals surface area (Å²) in [6.07, 6.45) is 0. The van der Waals surface area contributed by atoms with Crippen molar-refractivity contribution in [3.8, 4) is 0 Å². The molecule has 1 aromatic rings. The van der Waals surface area contributed by atoms with Crippen LogP contribution in [0, 0.1) is 19.8 Å². The number of hydrogen-bond acceptors (Lipinski definition) is 2. The van der Waals surface area contributed by atoms with Gasteiger partial charge in [0.1, 0.15) is 0 Å². The summed E-state index contributed by atoms with van der Waals surface area (Å²) in [5.41, 5.74) is 3.38. The number of rotatable bonds is 5. The van der Waals surface area contributed by atoms with Gasteiger partial charge in [0.2, 0.25) is 0 Å². The van der Waals surface area contributed by atoms with Crippen LogP contribution in [0.5, 0.6) is 0 Å². The molecule has 2 atom stereocenters. The van der Waals surface area contributed by atoms with Gasteiger partial charge < -0.3 is 5.11 Å². The summed E-state index contributed by atoms with van der Waals surface area (Å²) in [5.74, 6) is -0.804. The fourth-order valence-corrected chi connectivity index (χ4v) is 2.86. The van der Waals surface area contributed by atoms with Crippen LogP contribution in [0.4, 0.5) is 0 Å². The molecule has 3 nitrogen and oxygen atoms in total. The SMILES string of the molecule is Cc1ccc(CS(=O)CC(C)C(=O)O)cc1C. The zero-order valence-corrected chi connectivity index (χ0v) is 11.2. The van der Waals surface area contributed by atoms with E-state index < -0.39 is 22.7 Å². The molecule has 2 unspecified atom stereocenters. The molecule has 0 spiro atoms. The van der Waals surface area contributed by atoms with Crippen LogP contribution in [0.1, 0.15) is 23.6 Å². The van der Waals surface area contributed by atoms with Gasteiger partial charge in [-0.05, 0) is 30.5 Å². The lowest BCUT2D eigenvalue weighted by molar-refractivity contribution is -0.140. The Morgan fingerprint density at radius 1 is 1.35 bits per heavy atom. The predicted octanol–water partition coefficient (Wildman–Crippen LogP) is 2.27. The Morgan fingerprint density at radius 2 is 2.00 bits per heavy atom. The molecule has 0 aromatic heterocycles. The van der Waals surface area contributed by atoms with E-state index in [9.17, 15) is 9.00 Å². The number of carbonyl (C=O) groups is 1. The Labute approximate surface area is 104 Å². The minimum absolute atomic E-state index is 0.211. The molecule has 0 aliphatic rings. The standard InChI is InChI=1S/C13H18O3S/c1-9-4-5-12(6-10(9)2)8-17(16)7-11(3)13(14)15/h4-6,11H,7-8H2,1-3H3,(H,14,15). The van der Waals surface area contributed by atoms with Crippen LogP contribution < -0.4 is 0 Å². The van der Waals surface area contributed by atoms with Gasteiger partial charge in [0.15, 0.2) is 0 Å². The lowest BCUT2D eigenvalue weighted by atomic mass is 10.1. The zero-order valence-electron chi connectivity index (χ0n) is 10.4. The van der Waals surface area contributed by atoms with Crippen molar-refractivity contribution < 1.29 is 14.1 Å². The topological polar surface area (TPSA) is 54.4 Å². The third-order valence-electron chi connectivity index (χ3n) is 2.76. The first-order chi connectivity index (χ1) is 7.90. The van der Waals surface area contributed by atoms with Crippen LogP contribution in [-0.2, 0) is 21.3 Å². The van der Waals surface area contributed by atoms with Crippen molar-refractivity contribution in [2.24, 2.45) is 5.92 Å². The van der Waals surface area contributed by atoms with Crippen molar-refractivity contribution >= 4 is 16.8 Å². The molecule has 17 heavy (non-hydrogen) atoms. The molecule has 0 fully saturated rings. The van der Waals surface area contributed by atoms with Gasteiger partial charge in [0.25, 0.3) is 0 Å². The van der Waals surface area contributed by atoms with E-state index in [1.807, 2.05) is 32.0 Å². The molecule has 94 valence electrons. The van der Waals surface area contributed by atoms with Gasteiger partial charge in [-0.1, -0.05) is 25.1 Å². The quantitative estimate of drug-likeness (QED) is 0.877. The van der Waals surface area contributed by atoms with E-state index in [4.69, 9.17) is 5.11 Å². The van der Waals surface area contributed by atoms with Crippen molar-refractivity contribution in [2.45, 2.75) is 26.5 Å². The summed E-state index contributed by atoms with van der Waals surface area (Å²) in [7, 11) is -1.12. The summed E-state index contributed by atoms with van der Waals surface area (Å²) in [4.78, 5) is 10.7. The van der Waals surface area contributed by atoms with Crippen LogP contribution in [0.25, 0.3) is 0 Å². The number of carboxylic acid groups (broad SMARTS) is 1. The molecule has 1 aromatic carbocycles. The number of aliphatic carboxylic acids is 1. The number of benzene rings is 1. The highest BCUT2D eigenvalue weighted by atomic mass is 32.2. The molecular formula is C13H18O3S. The molecule has 0 bridgehead atoms. The molecule has 0 aliphatic carbocycles. The van der Waals surface area contributed by atoms with Crippen molar-refractivity contribution in [1.82, 2.24) is 0 Å². The Morgan fingerprint density at radius 3 is 2.53 bits per heavy atom. The molecule has 0 saturated carbocycles. The Bertz CT molecular complexity index is 440. The average molecular weight is 254 g/mol. The average Bonchev–Trinajstić information content (AvgIpc) is 2.23. The van der Waals surface area contributed by atoms with Gasteiger partial charge in [-0.15, -0.1) is 0 Å². The maximum atomic E-state index is 11.8. The largest absolute Gasteiger partial charge is 0.481 e. The maximum absolute atomic E-state index is 11.8. The van der Waals surface area contributed by atoms with E-state index in [0.717, 1.165) is 5.56 Å². The fraction of sp³-hybridized carbons (Fsp3) is 0.462. The van der Waals surface area contributed by atoms with Gasteiger partial charge in [0, 0.05) is 22.3 Å².